The molecule has 0 aromatic carbocycles. The quantitative estimate of drug-likeness (QED) is 0.809. The van der Waals surface area contributed by atoms with E-state index in [0.717, 1.165) is 69.2 Å². The van der Waals surface area contributed by atoms with Crippen molar-refractivity contribution in [2.45, 2.75) is 70.0 Å². The summed E-state index contributed by atoms with van der Waals surface area (Å²) in [6, 6.07) is 1.85. The smallest absolute Gasteiger partial charge is 0.293 e. The van der Waals surface area contributed by atoms with Crippen molar-refractivity contribution in [2.24, 2.45) is 0 Å². The van der Waals surface area contributed by atoms with E-state index in [-0.39, 0.29) is 11.9 Å². The molecule has 0 spiro atoms. The van der Waals surface area contributed by atoms with E-state index in [4.69, 9.17) is 4.52 Å². The number of fused-ring (bicyclic) bond motifs is 1. The lowest BCUT2D eigenvalue weighted by atomic mass is 9.87. The zero-order chi connectivity index (χ0) is 19.1. The maximum Gasteiger partial charge on any atom is 0.293 e. The van der Waals surface area contributed by atoms with Crippen molar-refractivity contribution in [3.63, 3.8) is 0 Å². The summed E-state index contributed by atoms with van der Waals surface area (Å²) >= 11 is 0. The first-order chi connectivity index (χ1) is 13.7. The summed E-state index contributed by atoms with van der Waals surface area (Å²) in [6.45, 7) is 3.39. The Kier molecular flexibility index (Phi) is 4.66. The van der Waals surface area contributed by atoms with Crippen LogP contribution in [0, 0.1) is 0 Å². The Hall–Kier alpha value is -2.22. The fraction of sp³-hybridized carbons (Fsp3) is 0.700. The minimum atomic E-state index is -0.0673. The highest BCUT2D eigenvalue weighted by Gasteiger charge is 2.37. The van der Waals surface area contributed by atoms with Crippen LogP contribution in [0.2, 0.25) is 0 Å². The van der Waals surface area contributed by atoms with E-state index in [1.165, 1.54) is 19.3 Å². The predicted octanol–water partition coefficient (Wildman–Crippen LogP) is 2.74. The van der Waals surface area contributed by atoms with E-state index in [1.54, 1.807) is 0 Å². The van der Waals surface area contributed by atoms with Crippen molar-refractivity contribution in [1.82, 2.24) is 29.7 Å². The lowest BCUT2D eigenvalue weighted by Crippen LogP contribution is -2.35. The molecule has 3 aliphatic rings. The van der Waals surface area contributed by atoms with Crippen molar-refractivity contribution in [2.75, 3.05) is 20.1 Å². The van der Waals surface area contributed by atoms with Gasteiger partial charge in [0.05, 0.1) is 18.3 Å². The normalized spacial score (nSPS) is 23.9. The molecule has 8 heteroatoms. The van der Waals surface area contributed by atoms with Gasteiger partial charge in [-0.3, -0.25) is 9.69 Å². The molecule has 0 bridgehead atoms. The summed E-state index contributed by atoms with van der Waals surface area (Å²) in [5.74, 6) is 2.64. The molecule has 0 unspecified atom stereocenters. The van der Waals surface area contributed by atoms with Crippen LogP contribution in [0.4, 0.5) is 0 Å². The van der Waals surface area contributed by atoms with Gasteiger partial charge in [0.15, 0.2) is 5.82 Å². The Morgan fingerprint density at radius 1 is 1.07 bits per heavy atom. The summed E-state index contributed by atoms with van der Waals surface area (Å²) in [7, 11) is 2.09. The Labute approximate surface area is 164 Å². The van der Waals surface area contributed by atoms with Crippen LogP contribution in [0.5, 0.6) is 0 Å². The number of nitrogens with zero attached hydrogens (tertiary/aromatic N) is 6. The van der Waals surface area contributed by atoms with Crippen LogP contribution < -0.4 is 0 Å². The SMILES string of the molecule is CN1CCn2c(nnc2[C@H]2CCCN2C(=O)c2cc(C3CCCCC3)no2)C1. The average Bonchev–Trinajstić information content (AvgIpc) is 3.46. The Balaban J connectivity index is 1.36. The summed E-state index contributed by atoms with van der Waals surface area (Å²) in [5, 5.41) is 13.1. The molecule has 2 fully saturated rings. The van der Waals surface area contributed by atoms with Crippen molar-refractivity contribution < 1.29 is 9.32 Å². The molecular weight excluding hydrogens is 356 g/mol. The maximum absolute atomic E-state index is 13.2. The highest BCUT2D eigenvalue weighted by Crippen LogP contribution is 2.35. The minimum absolute atomic E-state index is 0.0274. The molecule has 5 rings (SSSR count). The van der Waals surface area contributed by atoms with Crippen LogP contribution in [0.1, 0.15) is 84.8 Å². The number of likely N-dealkylation sites (tertiary alicyclic amines) is 1. The molecule has 0 N–H and O–H groups in total. The highest BCUT2D eigenvalue weighted by molar-refractivity contribution is 5.92. The second-order valence-corrected chi connectivity index (χ2v) is 8.47. The summed E-state index contributed by atoms with van der Waals surface area (Å²) in [6.07, 6.45) is 7.96. The van der Waals surface area contributed by atoms with Gasteiger partial charge in [0, 0.05) is 31.6 Å². The Morgan fingerprint density at radius 2 is 1.93 bits per heavy atom. The molecule has 1 saturated heterocycles. The molecule has 1 saturated carbocycles. The number of likely N-dealkylation sites (N-methyl/N-ethyl adjacent to an activating group) is 1. The Morgan fingerprint density at radius 3 is 2.79 bits per heavy atom. The van der Waals surface area contributed by atoms with Gasteiger partial charge in [-0.2, -0.15) is 0 Å². The van der Waals surface area contributed by atoms with Gasteiger partial charge in [-0.15, -0.1) is 10.2 Å². The van der Waals surface area contributed by atoms with E-state index in [0.29, 0.717) is 11.7 Å². The maximum atomic E-state index is 13.2. The van der Waals surface area contributed by atoms with Gasteiger partial charge in [-0.1, -0.05) is 24.4 Å². The van der Waals surface area contributed by atoms with Crippen LogP contribution in [0.25, 0.3) is 0 Å². The number of hydrogen-bond acceptors (Lipinski definition) is 6. The second kappa shape index (κ2) is 7.31. The number of aromatic nitrogens is 4. The van der Waals surface area contributed by atoms with Crippen molar-refractivity contribution in [1.29, 1.82) is 0 Å². The molecule has 0 radical (unpaired) electrons. The first kappa shape index (κ1) is 17.8. The number of carbonyl (C=O) groups is 1. The van der Waals surface area contributed by atoms with Crippen LogP contribution >= 0.6 is 0 Å². The molecule has 2 aliphatic heterocycles. The lowest BCUT2D eigenvalue weighted by Gasteiger charge is -2.27. The van der Waals surface area contributed by atoms with Crippen LogP contribution in [-0.2, 0) is 13.1 Å². The van der Waals surface area contributed by atoms with Crippen LogP contribution in [-0.4, -0.2) is 55.8 Å². The summed E-state index contributed by atoms with van der Waals surface area (Å²) < 4.78 is 7.69. The topological polar surface area (TPSA) is 80.3 Å². The third kappa shape index (κ3) is 3.13. The van der Waals surface area contributed by atoms with Gasteiger partial charge < -0.3 is 14.0 Å². The fourth-order valence-corrected chi connectivity index (χ4v) is 4.95. The molecule has 150 valence electrons. The number of carbonyl (C=O) groups excluding carboxylic acids is 1. The zero-order valence-corrected chi connectivity index (χ0v) is 16.5. The van der Waals surface area contributed by atoms with E-state index in [2.05, 4.69) is 31.9 Å². The van der Waals surface area contributed by atoms with Gasteiger partial charge in [0.1, 0.15) is 5.82 Å². The fourth-order valence-electron chi connectivity index (χ4n) is 4.95. The average molecular weight is 384 g/mol. The molecule has 8 nitrogen and oxygen atoms in total. The first-order valence-electron chi connectivity index (χ1n) is 10.6. The molecule has 1 amide bonds. The molecule has 1 aliphatic carbocycles. The summed E-state index contributed by atoms with van der Waals surface area (Å²) in [5.41, 5.74) is 0.946. The highest BCUT2D eigenvalue weighted by atomic mass is 16.5. The minimum Gasteiger partial charge on any atom is -0.351 e. The van der Waals surface area contributed by atoms with Gasteiger partial charge in [-0.25, -0.2) is 0 Å². The molecule has 4 heterocycles. The third-order valence-electron chi connectivity index (χ3n) is 6.55. The number of rotatable bonds is 3. The van der Waals surface area contributed by atoms with E-state index in [9.17, 15) is 4.79 Å². The van der Waals surface area contributed by atoms with Gasteiger partial charge >= 0.3 is 0 Å². The first-order valence-corrected chi connectivity index (χ1v) is 10.6. The van der Waals surface area contributed by atoms with Gasteiger partial charge in [0.25, 0.3) is 5.91 Å². The van der Waals surface area contributed by atoms with Gasteiger partial charge in [-0.05, 0) is 32.7 Å². The van der Waals surface area contributed by atoms with Crippen molar-refractivity contribution in [3.8, 4) is 0 Å². The molecule has 1 atom stereocenters. The van der Waals surface area contributed by atoms with Crippen molar-refractivity contribution >= 4 is 5.91 Å². The summed E-state index contributed by atoms with van der Waals surface area (Å²) in [4.78, 5) is 17.3. The second-order valence-electron chi connectivity index (χ2n) is 8.47. The number of hydrogen-bond donors (Lipinski definition) is 0. The predicted molar refractivity (Wildman–Crippen MR) is 102 cm³/mol. The Bertz CT molecular complexity index is 853. The standard InChI is InChI=1S/C20H28N6O2/c1-24-10-11-26-18(13-24)21-22-19(26)16-8-5-9-25(16)20(27)17-12-15(23-28-17)14-6-3-2-4-7-14/h12,14,16H,2-11,13H2,1H3/t16-/m1/s1. The van der Waals surface area contributed by atoms with E-state index >= 15 is 0 Å². The van der Waals surface area contributed by atoms with E-state index in [1.807, 2.05) is 11.0 Å². The number of amides is 1. The van der Waals surface area contributed by atoms with Gasteiger partial charge in [0.2, 0.25) is 5.76 Å². The van der Waals surface area contributed by atoms with Crippen LogP contribution in [0.3, 0.4) is 0 Å². The molecular formula is C20H28N6O2. The lowest BCUT2D eigenvalue weighted by molar-refractivity contribution is 0.0683. The van der Waals surface area contributed by atoms with Crippen LogP contribution in [0.15, 0.2) is 10.6 Å². The molecule has 2 aromatic rings. The third-order valence-corrected chi connectivity index (χ3v) is 6.55. The van der Waals surface area contributed by atoms with E-state index < -0.39 is 0 Å². The van der Waals surface area contributed by atoms with Crippen molar-refractivity contribution in [3.05, 3.63) is 29.2 Å². The monoisotopic (exact) mass is 384 g/mol. The molecule has 28 heavy (non-hydrogen) atoms. The molecule has 2 aromatic heterocycles. The largest absolute Gasteiger partial charge is 0.351 e. The zero-order valence-electron chi connectivity index (χ0n) is 16.5.